The van der Waals surface area contributed by atoms with Gasteiger partial charge in [0.15, 0.2) is 0 Å². The van der Waals surface area contributed by atoms with Crippen LogP contribution in [0, 0.1) is 0 Å². The Labute approximate surface area is 136 Å². The lowest BCUT2D eigenvalue weighted by Gasteiger charge is -2.03. The summed E-state index contributed by atoms with van der Waals surface area (Å²) in [6.07, 6.45) is 1.22. The Balaban J connectivity index is 1.79. The molecule has 0 heterocycles. The number of carbonyl (C=O) groups is 2. The Bertz CT molecular complexity index is 687. The van der Waals surface area contributed by atoms with E-state index in [-0.39, 0.29) is 12.3 Å². The van der Waals surface area contributed by atoms with Crippen LogP contribution in [0.2, 0.25) is 0 Å². The highest BCUT2D eigenvalue weighted by Crippen LogP contribution is 2.09. The van der Waals surface area contributed by atoms with Gasteiger partial charge >= 0.3 is 0 Å². The first-order valence-electron chi connectivity index (χ1n) is 6.56. The van der Waals surface area contributed by atoms with Crippen molar-refractivity contribution in [2.24, 2.45) is 5.10 Å². The fourth-order valence-electron chi connectivity index (χ4n) is 1.68. The highest BCUT2D eigenvalue weighted by atomic mass is 79.9. The Morgan fingerprint density at radius 1 is 1.05 bits per heavy atom. The van der Waals surface area contributed by atoms with Crippen LogP contribution in [-0.4, -0.2) is 18.0 Å². The molecule has 2 aromatic rings. The molecule has 0 aromatic heterocycles. The molecule has 0 radical (unpaired) electrons. The molecular weight excluding hydrogens is 346 g/mol. The number of nitrogens with one attached hydrogen (secondary N) is 2. The van der Waals surface area contributed by atoms with Crippen LogP contribution in [0.25, 0.3) is 0 Å². The molecule has 5 nitrogen and oxygen atoms in total. The van der Waals surface area contributed by atoms with E-state index in [1.807, 2.05) is 30.3 Å². The van der Waals surface area contributed by atoms with Gasteiger partial charge in [-0.25, -0.2) is 5.43 Å². The van der Waals surface area contributed by atoms with Gasteiger partial charge in [-0.1, -0.05) is 46.3 Å². The molecule has 0 unspecified atom stereocenters. The number of amides is 2. The second-order valence-corrected chi connectivity index (χ2v) is 5.35. The van der Waals surface area contributed by atoms with Crippen LogP contribution in [0.3, 0.4) is 0 Å². The van der Waals surface area contributed by atoms with Gasteiger partial charge < -0.3 is 5.32 Å². The lowest BCUT2D eigenvalue weighted by molar-refractivity contribution is -0.126. The molecule has 6 heteroatoms. The summed E-state index contributed by atoms with van der Waals surface area (Å²) >= 11 is 3.35. The standard InChI is InChI=1S/C16H14BrN3O2/c17-13-6-4-5-12(9-13)11-18-20-16(22)10-15(21)19-14-7-2-1-3-8-14/h1-9,11H,10H2,(H,19,21)(H,20,22). The summed E-state index contributed by atoms with van der Waals surface area (Å²) < 4.78 is 0.921. The zero-order chi connectivity index (χ0) is 15.8. The van der Waals surface area contributed by atoms with Crippen molar-refractivity contribution in [2.75, 3.05) is 5.32 Å². The number of para-hydroxylation sites is 1. The number of rotatable bonds is 5. The van der Waals surface area contributed by atoms with Crippen molar-refractivity contribution in [3.63, 3.8) is 0 Å². The fraction of sp³-hybridized carbons (Fsp3) is 0.0625. The van der Waals surface area contributed by atoms with Crippen LogP contribution in [0.15, 0.2) is 64.2 Å². The fourth-order valence-corrected chi connectivity index (χ4v) is 2.09. The molecule has 2 amide bonds. The van der Waals surface area contributed by atoms with E-state index in [4.69, 9.17) is 0 Å². The average Bonchev–Trinajstić information content (AvgIpc) is 2.48. The molecule has 0 saturated heterocycles. The number of halogens is 1. The molecule has 0 fully saturated rings. The first-order chi connectivity index (χ1) is 10.6. The lowest BCUT2D eigenvalue weighted by atomic mass is 10.2. The average molecular weight is 360 g/mol. The molecule has 2 N–H and O–H groups in total. The van der Waals surface area contributed by atoms with Crippen molar-refractivity contribution in [1.82, 2.24) is 5.43 Å². The van der Waals surface area contributed by atoms with Gasteiger partial charge in [0.1, 0.15) is 6.42 Å². The zero-order valence-electron chi connectivity index (χ0n) is 11.6. The van der Waals surface area contributed by atoms with E-state index in [9.17, 15) is 9.59 Å². The minimum Gasteiger partial charge on any atom is -0.326 e. The number of benzene rings is 2. The minimum atomic E-state index is -0.473. The first-order valence-corrected chi connectivity index (χ1v) is 7.35. The van der Waals surface area contributed by atoms with Crippen molar-refractivity contribution in [2.45, 2.75) is 6.42 Å². The lowest BCUT2D eigenvalue weighted by Crippen LogP contribution is -2.24. The monoisotopic (exact) mass is 359 g/mol. The maximum absolute atomic E-state index is 11.7. The van der Waals surface area contributed by atoms with Crippen LogP contribution in [0.1, 0.15) is 12.0 Å². The molecule has 0 aliphatic heterocycles. The van der Waals surface area contributed by atoms with Gasteiger partial charge in [0.2, 0.25) is 11.8 Å². The van der Waals surface area contributed by atoms with Crippen LogP contribution < -0.4 is 10.7 Å². The molecule has 0 spiro atoms. The van der Waals surface area contributed by atoms with Crippen LogP contribution in [0.5, 0.6) is 0 Å². The van der Waals surface area contributed by atoms with Crippen molar-refractivity contribution < 1.29 is 9.59 Å². The molecule has 2 rings (SSSR count). The number of hydrazone groups is 1. The van der Waals surface area contributed by atoms with Crippen LogP contribution in [-0.2, 0) is 9.59 Å². The highest BCUT2D eigenvalue weighted by molar-refractivity contribution is 9.10. The van der Waals surface area contributed by atoms with Crippen molar-refractivity contribution in [3.8, 4) is 0 Å². The van der Waals surface area contributed by atoms with Crippen molar-refractivity contribution in [3.05, 3.63) is 64.6 Å². The summed E-state index contributed by atoms with van der Waals surface area (Å²) in [6, 6.07) is 16.4. The predicted octanol–water partition coefficient (Wildman–Crippen LogP) is 2.93. The summed E-state index contributed by atoms with van der Waals surface area (Å²) in [5, 5.41) is 6.45. The number of hydrogen-bond acceptors (Lipinski definition) is 3. The molecule has 22 heavy (non-hydrogen) atoms. The molecule has 0 aliphatic carbocycles. The van der Waals surface area contributed by atoms with Crippen molar-refractivity contribution >= 4 is 39.6 Å². The van der Waals surface area contributed by atoms with Crippen molar-refractivity contribution in [1.29, 1.82) is 0 Å². The highest BCUT2D eigenvalue weighted by Gasteiger charge is 2.08. The molecule has 0 atom stereocenters. The summed E-state index contributed by atoms with van der Waals surface area (Å²) in [5.74, 6) is -0.860. The van der Waals surface area contributed by atoms with Gasteiger partial charge in [0.05, 0.1) is 6.21 Å². The second kappa shape index (κ2) is 8.09. The summed E-state index contributed by atoms with van der Waals surface area (Å²) in [7, 11) is 0. The predicted molar refractivity (Wildman–Crippen MR) is 89.6 cm³/mol. The number of nitrogens with zero attached hydrogens (tertiary/aromatic N) is 1. The summed E-state index contributed by atoms with van der Waals surface area (Å²) in [5.41, 5.74) is 3.81. The Kier molecular flexibility index (Phi) is 5.85. The van der Waals surface area contributed by atoms with E-state index in [0.717, 1.165) is 10.0 Å². The molecule has 2 aromatic carbocycles. The van der Waals surface area contributed by atoms with E-state index < -0.39 is 5.91 Å². The Morgan fingerprint density at radius 3 is 2.55 bits per heavy atom. The quantitative estimate of drug-likeness (QED) is 0.489. The van der Waals surface area contributed by atoms with Gasteiger partial charge in [-0.3, -0.25) is 9.59 Å². The SMILES string of the molecule is O=C(CC(=O)Nc1ccccc1)NN=Cc1cccc(Br)c1. The summed E-state index contributed by atoms with van der Waals surface area (Å²) in [4.78, 5) is 23.3. The number of carbonyl (C=O) groups excluding carboxylic acids is 2. The van der Waals surface area contributed by atoms with E-state index in [1.54, 1.807) is 24.3 Å². The Morgan fingerprint density at radius 2 is 1.82 bits per heavy atom. The number of hydrogen-bond donors (Lipinski definition) is 2. The Hall–Kier alpha value is -2.47. The van der Waals surface area contributed by atoms with E-state index in [0.29, 0.717) is 5.69 Å². The summed E-state index contributed by atoms with van der Waals surface area (Å²) in [6.45, 7) is 0. The topological polar surface area (TPSA) is 70.6 Å². The van der Waals surface area contributed by atoms with Crippen LogP contribution in [0.4, 0.5) is 5.69 Å². The first kappa shape index (κ1) is 15.9. The molecule has 0 bridgehead atoms. The molecular formula is C16H14BrN3O2. The zero-order valence-corrected chi connectivity index (χ0v) is 13.2. The number of anilines is 1. The third kappa shape index (κ3) is 5.49. The maximum atomic E-state index is 11.7. The third-order valence-corrected chi connectivity index (χ3v) is 3.12. The van der Waals surface area contributed by atoms with Gasteiger partial charge in [0.25, 0.3) is 0 Å². The molecule has 0 aliphatic rings. The second-order valence-electron chi connectivity index (χ2n) is 4.44. The normalized spacial score (nSPS) is 10.4. The maximum Gasteiger partial charge on any atom is 0.249 e. The van der Waals surface area contributed by atoms with E-state index in [1.165, 1.54) is 6.21 Å². The smallest absolute Gasteiger partial charge is 0.249 e. The minimum absolute atomic E-state index is 0.287. The van der Waals surface area contributed by atoms with Gasteiger partial charge in [-0.15, -0.1) is 0 Å². The molecule has 0 saturated carbocycles. The van der Waals surface area contributed by atoms with Gasteiger partial charge in [-0.05, 0) is 29.8 Å². The van der Waals surface area contributed by atoms with Crippen LogP contribution >= 0.6 is 15.9 Å². The third-order valence-electron chi connectivity index (χ3n) is 2.63. The van der Waals surface area contributed by atoms with E-state index >= 15 is 0 Å². The van der Waals surface area contributed by atoms with E-state index in [2.05, 4.69) is 31.8 Å². The van der Waals surface area contributed by atoms with Gasteiger partial charge in [0, 0.05) is 10.2 Å². The molecule has 112 valence electrons. The van der Waals surface area contributed by atoms with Gasteiger partial charge in [-0.2, -0.15) is 5.10 Å². The largest absolute Gasteiger partial charge is 0.326 e.